The highest BCUT2D eigenvalue weighted by Gasteiger charge is 2.25. The Balaban J connectivity index is 1.77. The van der Waals surface area contributed by atoms with E-state index in [1.165, 1.54) is 12.2 Å². The highest BCUT2D eigenvalue weighted by molar-refractivity contribution is 7.99. The van der Waals surface area contributed by atoms with Gasteiger partial charge in [0.2, 0.25) is 5.91 Å². The molecule has 17 heavy (non-hydrogen) atoms. The van der Waals surface area contributed by atoms with E-state index in [0.717, 1.165) is 38.4 Å². The van der Waals surface area contributed by atoms with Crippen LogP contribution in [0.4, 0.5) is 0 Å². The van der Waals surface area contributed by atoms with E-state index in [9.17, 15) is 4.79 Å². The zero-order chi connectivity index (χ0) is 12.1. The van der Waals surface area contributed by atoms with Crippen molar-refractivity contribution in [3.05, 3.63) is 0 Å². The molecule has 2 saturated heterocycles. The van der Waals surface area contributed by atoms with Gasteiger partial charge in [0.1, 0.15) is 0 Å². The van der Waals surface area contributed by atoms with Gasteiger partial charge in [0.25, 0.3) is 0 Å². The summed E-state index contributed by atoms with van der Waals surface area (Å²) in [6, 6.07) is 0.413. The zero-order valence-electron chi connectivity index (χ0n) is 10.6. The molecule has 2 rings (SSSR count). The van der Waals surface area contributed by atoms with Crippen molar-refractivity contribution < 1.29 is 4.79 Å². The van der Waals surface area contributed by atoms with Gasteiger partial charge >= 0.3 is 0 Å². The highest BCUT2D eigenvalue weighted by atomic mass is 32.2. The molecular formula is C12H23N3OS. The van der Waals surface area contributed by atoms with Crippen molar-refractivity contribution >= 4 is 17.7 Å². The van der Waals surface area contributed by atoms with Crippen molar-refractivity contribution in [1.82, 2.24) is 15.5 Å². The average Bonchev–Trinajstić information content (AvgIpc) is 2.40. The predicted molar refractivity (Wildman–Crippen MR) is 72.4 cm³/mol. The van der Waals surface area contributed by atoms with Gasteiger partial charge in [0.15, 0.2) is 0 Å². The molecule has 2 aliphatic heterocycles. The van der Waals surface area contributed by atoms with Gasteiger partial charge < -0.3 is 10.6 Å². The SMILES string of the molecule is CC(C(=O)NC1CCCSC1)N1CCNCC1. The Morgan fingerprint density at radius 3 is 2.88 bits per heavy atom. The standard InChI is InChI=1S/C12H23N3OS/c1-10(15-6-4-13-5-7-15)12(16)14-11-3-2-8-17-9-11/h10-11,13H,2-9H2,1H3,(H,14,16). The molecule has 0 aliphatic carbocycles. The molecule has 2 aliphatic rings. The molecule has 5 heteroatoms. The molecule has 2 heterocycles. The van der Waals surface area contributed by atoms with E-state index < -0.39 is 0 Å². The molecule has 98 valence electrons. The van der Waals surface area contributed by atoms with Crippen LogP contribution < -0.4 is 10.6 Å². The fourth-order valence-electron chi connectivity index (χ4n) is 2.41. The fourth-order valence-corrected chi connectivity index (χ4v) is 3.48. The van der Waals surface area contributed by atoms with Gasteiger partial charge in [-0.2, -0.15) is 11.8 Å². The number of carbonyl (C=O) groups is 1. The average molecular weight is 257 g/mol. The first-order chi connectivity index (χ1) is 8.27. The third-order valence-electron chi connectivity index (χ3n) is 3.59. The van der Waals surface area contributed by atoms with Gasteiger partial charge in [-0.15, -0.1) is 0 Å². The maximum absolute atomic E-state index is 12.1. The van der Waals surface area contributed by atoms with Gasteiger partial charge in [-0.25, -0.2) is 0 Å². The largest absolute Gasteiger partial charge is 0.351 e. The van der Waals surface area contributed by atoms with Crippen LogP contribution in [0.3, 0.4) is 0 Å². The van der Waals surface area contributed by atoms with Crippen molar-refractivity contribution in [2.45, 2.75) is 31.8 Å². The Morgan fingerprint density at radius 2 is 2.24 bits per heavy atom. The molecule has 0 radical (unpaired) electrons. The number of hydrogen-bond acceptors (Lipinski definition) is 4. The molecule has 0 aromatic heterocycles. The number of piperazine rings is 1. The minimum atomic E-state index is 0.0176. The molecule has 0 saturated carbocycles. The first-order valence-corrected chi connectivity index (χ1v) is 7.76. The summed E-state index contributed by atoms with van der Waals surface area (Å²) in [6.07, 6.45) is 2.38. The van der Waals surface area contributed by atoms with Crippen molar-refractivity contribution in [3.8, 4) is 0 Å². The van der Waals surface area contributed by atoms with Gasteiger partial charge in [0.05, 0.1) is 6.04 Å². The third kappa shape index (κ3) is 3.86. The van der Waals surface area contributed by atoms with Crippen LogP contribution in [0.25, 0.3) is 0 Å². The first kappa shape index (κ1) is 13.2. The molecule has 0 spiro atoms. The minimum absolute atomic E-state index is 0.0176. The Kier molecular flexibility index (Phi) is 5.13. The van der Waals surface area contributed by atoms with E-state index >= 15 is 0 Å². The van der Waals surface area contributed by atoms with E-state index in [-0.39, 0.29) is 11.9 Å². The van der Waals surface area contributed by atoms with Crippen LogP contribution in [0, 0.1) is 0 Å². The van der Waals surface area contributed by atoms with Crippen LogP contribution in [0.1, 0.15) is 19.8 Å². The number of thioether (sulfide) groups is 1. The molecule has 0 aromatic carbocycles. The lowest BCUT2D eigenvalue weighted by Crippen LogP contribution is -2.54. The molecule has 4 nitrogen and oxygen atoms in total. The topological polar surface area (TPSA) is 44.4 Å². The molecule has 2 atom stereocenters. The van der Waals surface area contributed by atoms with E-state index in [0.29, 0.717) is 6.04 Å². The van der Waals surface area contributed by atoms with Gasteiger partial charge in [0, 0.05) is 38.0 Å². The highest BCUT2D eigenvalue weighted by Crippen LogP contribution is 2.17. The maximum Gasteiger partial charge on any atom is 0.237 e. The van der Waals surface area contributed by atoms with E-state index in [1.807, 2.05) is 18.7 Å². The fraction of sp³-hybridized carbons (Fsp3) is 0.917. The molecule has 1 amide bonds. The summed E-state index contributed by atoms with van der Waals surface area (Å²) in [7, 11) is 0. The Hall–Kier alpha value is -0.260. The van der Waals surface area contributed by atoms with Crippen molar-refractivity contribution in [2.75, 3.05) is 37.7 Å². The van der Waals surface area contributed by atoms with Crippen LogP contribution in [0.5, 0.6) is 0 Å². The number of nitrogens with zero attached hydrogens (tertiary/aromatic N) is 1. The van der Waals surface area contributed by atoms with Crippen molar-refractivity contribution in [3.63, 3.8) is 0 Å². The second-order valence-electron chi connectivity index (χ2n) is 4.88. The van der Waals surface area contributed by atoms with Crippen LogP contribution >= 0.6 is 11.8 Å². The second-order valence-corrected chi connectivity index (χ2v) is 6.03. The molecule has 2 fully saturated rings. The minimum Gasteiger partial charge on any atom is -0.351 e. The Morgan fingerprint density at radius 1 is 1.47 bits per heavy atom. The monoisotopic (exact) mass is 257 g/mol. The summed E-state index contributed by atoms with van der Waals surface area (Å²) in [5, 5.41) is 6.51. The summed E-state index contributed by atoms with van der Waals surface area (Å²) in [6.45, 7) is 5.98. The number of nitrogens with one attached hydrogen (secondary N) is 2. The quantitative estimate of drug-likeness (QED) is 0.763. The van der Waals surface area contributed by atoms with Crippen molar-refractivity contribution in [2.24, 2.45) is 0 Å². The lowest BCUT2D eigenvalue weighted by atomic mass is 10.1. The maximum atomic E-state index is 12.1. The number of amides is 1. The molecule has 0 aromatic rings. The Labute approximate surface area is 108 Å². The number of rotatable bonds is 3. The smallest absolute Gasteiger partial charge is 0.237 e. The van der Waals surface area contributed by atoms with Gasteiger partial charge in [-0.3, -0.25) is 9.69 Å². The van der Waals surface area contributed by atoms with Gasteiger partial charge in [-0.1, -0.05) is 0 Å². The van der Waals surface area contributed by atoms with Crippen LogP contribution in [0.15, 0.2) is 0 Å². The molecule has 2 N–H and O–H groups in total. The summed E-state index contributed by atoms with van der Waals surface area (Å²) >= 11 is 1.95. The summed E-state index contributed by atoms with van der Waals surface area (Å²) in [4.78, 5) is 14.4. The van der Waals surface area contributed by atoms with E-state index in [1.54, 1.807) is 0 Å². The summed E-state index contributed by atoms with van der Waals surface area (Å²) in [5.41, 5.74) is 0. The first-order valence-electron chi connectivity index (χ1n) is 6.60. The lowest BCUT2D eigenvalue weighted by Gasteiger charge is -2.33. The van der Waals surface area contributed by atoms with E-state index in [2.05, 4.69) is 15.5 Å². The zero-order valence-corrected chi connectivity index (χ0v) is 11.4. The number of carbonyl (C=O) groups excluding carboxylic acids is 1. The lowest BCUT2D eigenvalue weighted by molar-refractivity contribution is -0.126. The molecule has 2 unspecified atom stereocenters. The van der Waals surface area contributed by atoms with Crippen LogP contribution in [-0.2, 0) is 4.79 Å². The summed E-state index contributed by atoms with van der Waals surface area (Å²) in [5.74, 6) is 2.54. The molecule has 0 bridgehead atoms. The van der Waals surface area contributed by atoms with Crippen molar-refractivity contribution in [1.29, 1.82) is 0 Å². The number of hydrogen-bond donors (Lipinski definition) is 2. The Bertz CT molecular complexity index is 250. The third-order valence-corrected chi connectivity index (χ3v) is 4.80. The second kappa shape index (κ2) is 6.61. The summed E-state index contributed by atoms with van der Waals surface area (Å²) < 4.78 is 0. The molecular weight excluding hydrogens is 234 g/mol. The predicted octanol–water partition coefficient (Wildman–Crippen LogP) is 0.292. The normalized spacial score (nSPS) is 28.6. The van der Waals surface area contributed by atoms with E-state index in [4.69, 9.17) is 0 Å². The van der Waals surface area contributed by atoms with Crippen LogP contribution in [-0.4, -0.2) is 60.6 Å². The van der Waals surface area contributed by atoms with Crippen LogP contribution in [0.2, 0.25) is 0 Å². The van der Waals surface area contributed by atoms with Gasteiger partial charge in [-0.05, 0) is 25.5 Å².